The average molecular weight is 403 g/mol. The normalized spacial score (nSPS) is 12.5. The molecule has 0 atom stereocenters. The zero-order valence-corrected chi connectivity index (χ0v) is 16.0. The molecule has 1 aliphatic heterocycles. The van der Waals surface area contributed by atoms with Gasteiger partial charge in [-0.05, 0) is 48.0 Å². The van der Waals surface area contributed by atoms with Crippen LogP contribution in [0.4, 0.5) is 17.1 Å². The van der Waals surface area contributed by atoms with Crippen molar-refractivity contribution in [2.24, 2.45) is 0 Å². The number of benzene rings is 3. The highest BCUT2D eigenvalue weighted by Gasteiger charge is 2.17. The minimum atomic E-state index is -1.10. The Bertz CT molecular complexity index is 1100. The van der Waals surface area contributed by atoms with Crippen LogP contribution in [0.25, 0.3) is 6.08 Å². The second-order valence-corrected chi connectivity index (χ2v) is 7.06. The third-order valence-corrected chi connectivity index (χ3v) is 5.18. The Balaban J connectivity index is 1.58. The number of hydrogen-bond acceptors (Lipinski definition) is 5. The number of hydrogen-bond donors (Lipinski definition) is 3. The zero-order valence-electron chi connectivity index (χ0n) is 15.2. The molecule has 6 nitrogen and oxygen atoms in total. The van der Waals surface area contributed by atoms with Crippen molar-refractivity contribution in [2.45, 2.75) is 0 Å². The largest absolute Gasteiger partial charge is 0.478 e. The highest BCUT2D eigenvalue weighted by Crippen LogP contribution is 2.39. The SMILES string of the molecule is O=C(Nc1cc(C=CN2SNc3ccccc32)ccc1C(=O)O)c1ccccc1. The number of carboxylic acid groups (broad SMARTS) is 1. The van der Waals surface area contributed by atoms with Gasteiger partial charge in [-0.1, -0.05) is 36.4 Å². The van der Waals surface area contributed by atoms with Crippen LogP contribution in [0.15, 0.2) is 79.0 Å². The Labute approximate surface area is 172 Å². The van der Waals surface area contributed by atoms with Crippen LogP contribution in [0.1, 0.15) is 26.3 Å². The van der Waals surface area contributed by atoms with Crippen molar-refractivity contribution in [1.82, 2.24) is 0 Å². The molecular weight excluding hydrogens is 386 g/mol. The summed E-state index contributed by atoms with van der Waals surface area (Å²) < 4.78 is 5.20. The highest BCUT2D eigenvalue weighted by molar-refractivity contribution is 8.02. The number of nitrogens with one attached hydrogen (secondary N) is 2. The van der Waals surface area contributed by atoms with Crippen molar-refractivity contribution in [3.8, 4) is 0 Å². The number of carboxylic acids is 1. The molecule has 0 fully saturated rings. The van der Waals surface area contributed by atoms with Gasteiger partial charge < -0.3 is 15.1 Å². The number of fused-ring (bicyclic) bond motifs is 1. The van der Waals surface area contributed by atoms with Crippen LogP contribution in [-0.4, -0.2) is 17.0 Å². The van der Waals surface area contributed by atoms with Crippen molar-refractivity contribution in [1.29, 1.82) is 0 Å². The number of nitrogens with zero attached hydrogens (tertiary/aromatic N) is 1. The van der Waals surface area contributed by atoms with Crippen molar-refractivity contribution in [3.63, 3.8) is 0 Å². The van der Waals surface area contributed by atoms with Gasteiger partial charge in [-0.2, -0.15) is 0 Å². The van der Waals surface area contributed by atoms with Crippen LogP contribution in [0.5, 0.6) is 0 Å². The topological polar surface area (TPSA) is 81.7 Å². The Morgan fingerprint density at radius 2 is 1.76 bits per heavy atom. The van der Waals surface area contributed by atoms with Gasteiger partial charge >= 0.3 is 5.97 Å². The van der Waals surface area contributed by atoms with Crippen LogP contribution in [0.3, 0.4) is 0 Å². The lowest BCUT2D eigenvalue weighted by Crippen LogP contribution is -2.14. The van der Waals surface area contributed by atoms with E-state index in [-0.39, 0.29) is 17.2 Å². The Kier molecular flexibility index (Phi) is 5.22. The summed E-state index contributed by atoms with van der Waals surface area (Å²) in [7, 11) is 0. The van der Waals surface area contributed by atoms with Gasteiger partial charge in [0.05, 0.1) is 34.8 Å². The third kappa shape index (κ3) is 4.09. The van der Waals surface area contributed by atoms with Gasteiger partial charge in [-0.25, -0.2) is 4.79 Å². The Morgan fingerprint density at radius 3 is 2.55 bits per heavy atom. The summed E-state index contributed by atoms with van der Waals surface area (Å²) in [5.74, 6) is -1.46. The number of carbonyl (C=O) groups is 2. The summed E-state index contributed by atoms with van der Waals surface area (Å²) in [6.07, 6.45) is 3.75. The maximum Gasteiger partial charge on any atom is 0.337 e. The summed E-state index contributed by atoms with van der Waals surface area (Å²) in [6, 6.07) is 21.5. The minimum absolute atomic E-state index is 0.0361. The van der Waals surface area contributed by atoms with Gasteiger partial charge in [0.1, 0.15) is 0 Å². The molecule has 1 aliphatic rings. The van der Waals surface area contributed by atoms with Crippen LogP contribution in [-0.2, 0) is 0 Å². The molecular formula is C22H17N3O3S. The molecule has 0 saturated heterocycles. The van der Waals surface area contributed by atoms with E-state index in [1.807, 2.05) is 46.9 Å². The summed E-state index contributed by atoms with van der Waals surface area (Å²) >= 11 is 1.44. The lowest BCUT2D eigenvalue weighted by atomic mass is 10.1. The molecule has 144 valence electrons. The van der Waals surface area contributed by atoms with Gasteiger partial charge in [0.15, 0.2) is 0 Å². The molecule has 3 N–H and O–H groups in total. The molecule has 4 rings (SSSR count). The van der Waals surface area contributed by atoms with Crippen molar-refractivity contribution >= 4 is 47.1 Å². The van der Waals surface area contributed by atoms with E-state index in [2.05, 4.69) is 10.0 Å². The Hall–Kier alpha value is -3.71. The second kappa shape index (κ2) is 8.12. The van der Waals surface area contributed by atoms with E-state index in [4.69, 9.17) is 0 Å². The first-order chi connectivity index (χ1) is 14.1. The number of amides is 1. The average Bonchev–Trinajstić information content (AvgIpc) is 3.16. The molecule has 0 aromatic heterocycles. The first kappa shape index (κ1) is 18.6. The molecule has 29 heavy (non-hydrogen) atoms. The predicted octanol–water partition coefficient (Wildman–Crippen LogP) is 5.10. The fourth-order valence-electron chi connectivity index (χ4n) is 2.90. The first-order valence-corrected chi connectivity index (χ1v) is 9.62. The van der Waals surface area contributed by atoms with Gasteiger partial charge in [0, 0.05) is 11.8 Å². The summed E-state index contributed by atoms with van der Waals surface area (Å²) in [5, 5.41) is 12.2. The van der Waals surface area contributed by atoms with E-state index in [0.717, 1.165) is 16.9 Å². The van der Waals surface area contributed by atoms with Crippen LogP contribution in [0.2, 0.25) is 0 Å². The van der Waals surface area contributed by atoms with Gasteiger partial charge in [-0.3, -0.25) is 9.10 Å². The van der Waals surface area contributed by atoms with Crippen molar-refractivity contribution in [3.05, 3.63) is 95.7 Å². The Morgan fingerprint density at radius 1 is 1.00 bits per heavy atom. The monoisotopic (exact) mass is 403 g/mol. The molecule has 3 aromatic rings. The smallest absolute Gasteiger partial charge is 0.337 e. The van der Waals surface area contributed by atoms with Crippen LogP contribution >= 0.6 is 12.1 Å². The van der Waals surface area contributed by atoms with E-state index in [0.29, 0.717) is 5.56 Å². The minimum Gasteiger partial charge on any atom is -0.478 e. The molecule has 0 unspecified atom stereocenters. The predicted molar refractivity (Wildman–Crippen MR) is 117 cm³/mol. The molecule has 0 spiro atoms. The van der Waals surface area contributed by atoms with E-state index in [1.54, 1.807) is 36.4 Å². The second-order valence-electron chi connectivity index (χ2n) is 6.28. The number of carbonyl (C=O) groups excluding carboxylic acids is 1. The van der Waals surface area contributed by atoms with Gasteiger partial charge in [0.2, 0.25) is 0 Å². The molecule has 0 bridgehead atoms. The summed E-state index contributed by atoms with van der Waals surface area (Å²) in [4.78, 5) is 24.0. The van der Waals surface area contributed by atoms with Crippen LogP contribution < -0.4 is 14.3 Å². The molecule has 0 saturated carbocycles. The fourth-order valence-corrected chi connectivity index (χ4v) is 3.65. The maximum atomic E-state index is 12.5. The van der Waals surface area contributed by atoms with E-state index in [1.165, 1.54) is 18.2 Å². The maximum absolute atomic E-state index is 12.5. The van der Waals surface area contributed by atoms with E-state index < -0.39 is 5.97 Å². The number of aromatic carboxylic acids is 1. The van der Waals surface area contributed by atoms with E-state index in [9.17, 15) is 14.7 Å². The summed E-state index contributed by atoms with van der Waals surface area (Å²) in [5.41, 5.74) is 3.58. The third-order valence-electron chi connectivity index (χ3n) is 4.36. The van der Waals surface area contributed by atoms with Gasteiger partial charge in [-0.15, -0.1) is 0 Å². The molecule has 3 aromatic carbocycles. The zero-order chi connectivity index (χ0) is 20.2. The van der Waals surface area contributed by atoms with Crippen molar-refractivity contribution in [2.75, 3.05) is 14.3 Å². The number of anilines is 3. The van der Waals surface area contributed by atoms with Gasteiger partial charge in [0.25, 0.3) is 5.91 Å². The fraction of sp³-hybridized carbons (Fsp3) is 0. The standard InChI is InChI=1S/C22H17N3O3S/c26-21(16-6-2-1-3-7-16)23-19-14-15(10-11-17(19)22(27)28)12-13-25-20-9-5-4-8-18(20)24-29-25/h1-14,24H,(H,23,26)(H,27,28). The lowest BCUT2D eigenvalue weighted by molar-refractivity contribution is 0.0698. The quantitative estimate of drug-likeness (QED) is 0.514. The van der Waals surface area contributed by atoms with Crippen molar-refractivity contribution < 1.29 is 14.7 Å². The highest BCUT2D eigenvalue weighted by atomic mass is 32.2. The van der Waals surface area contributed by atoms with E-state index >= 15 is 0 Å². The molecule has 1 heterocycles. The molecule has 1 amide bonds. The van der Waals surface area contributed by atoms with Crippen LogP contribution in [0, 0.1) is 0 Å². The summed E-state index contributed by atoms with van der Waals surface area (Å²) in [6.45, 7) is 0. The number of para-hydroxylation sites is 2. The number of rotatable bonds is 5. The molecule has 0 aliphatic carbocycles. The first-order valence-electron chi connectivity index (χ1n) is 8.85. The molecule has 0 radical (unpaired) electrons. The molecule has 7 heteroatoms. The lowest BCUT2D eigenvalue weighted by Gasteiger charge is -2.11.